The van der Waals surface area contributed by atoms with Crippen LogP contribution in [0.4, 0.5) is 5.69 Å². The summed E-state index contributed by atoms with van der Waals surface area (Å²) >= 11 is 12.5. The molecule has 0 saturated carbocycles. The lowest BCUT2D eigenvalue weighted by molar-refractivity contribution is 0.0783. The fraction of sp³-hybridized carbons (Fsp3) is 0.345. The zero-order valence-corrected chi connectivity index (χ0v) is 21.9. The van der Waals surface area contributed by atoms with Gasteiger partial charge in [0, 0.05) is 43.2 Å². The number of hydrogen-bond acceptors (Lipinski definition) is 3. The SMILES string of the molecule is CN(CCC(CN(C)C(=O)c1ccccc1)c1ccc(Cl)c(Cl)c1)CCC1CNc2ccccc21. The highest BCUT2D eigenvalue weighted by molar-refractivity contribution is 6.42. The molecule has 4 nitrogen and oxygen atoms in total. The van der Waals surface area contributed by atoms with Crippen LogP contribution in [-0.2, 0) is 0 Å². The Labute approximate surface area is 218 Å². The van der Waals surface area contributed by atoms with E-state index in [4.69, 9.17) is 23.2 Å². The molecule has 2 atom stereocenters. The van der Waals surface area contributed by atoms with Crippen LogP contribution in [0.5, 0.6) is 0 Å². The molecule has 6 heteroatoms. The molecule has 4 rings (SSSR count). The third-order valence-corrected chi connectivity index (χ3v) is 7.67. The molecule has 0 bridgehead atoms. The molecule has 0 saturated heterocycles. The Morgan fingerprint density at radius 2 is 1.71 bits per heavy atom. The number of amides is 1. The van der Waals surface area contributed by atoms with E-state index in [9.17, 15) is 4.79 Å². The van der Waals surface area contributed by atoms with Gasteiger partial charge in [-0.3, -0.25) is 4.79 Å². The Kier molecular flexibility index (Phi) is 8.72. The minimum Gasteiger partial charge on any atom is -0.384 e. The first-order valence-corrected chi connectivity index (χ1v) is 12.9. The molecule has 3 aromatic rings. The normalized spacial score (nSPS) is 15.5. The van der Waals surface area contributed by atoms with E-state index in [1.807, 2.05) is 60.5 Å². The molecule has 3 aromatic carbocycles. The summed E-state index contributed by atoms with van der Waals surface area (Å²) in [5.74, 6) is 0.726. The number of para-hydroxylation sites is 1. The third-order valence-electron chi connectivity index (χ3n) is 6.93. The predicted molar refractivity (Wildman–Crippen MR) is 147 cm³/mol. The molecule has 0 radical (unpaired) electrons. The van der Waals surface area contributed by atoms with Gasteiger partial charge in [-0.1, -0.05) is 65.7 Å². The number of benzene rings is 3. The van der Waals surface area contributed by atoms with Crippen molar-refractivity contribution in [1.29, 1.82) is 0 Å². The average molecular weight is 511 g/mol. The van der Waals surface area contributed by atoms with Gasteiger partial charge in [-0.15, -0.1) is 0 Å². The zero-order valence-electron chi connectivity index (χ0n) is 20.4. The van der Waals surface area contributed by atoms with Crippen molar-refractivity contribution in [3.05, 3.63) is 99.5 Å². The van der Waals surface area contributed by atoms with Gasteiger partial charge < -0.3 is 15.1 Å². The van der Waals surface area contributed by atoms with E-state index < -0.39 is 0 Å². The lowest BCUT2D eigenvalue weighted by atomic mass is 9.94. The lowest BCUT2D eigenvalue weighted by Gasteiger charge is -2.27. The summed E-state index contributed by atoms with van der Waals surface area (Å²) < 4.78 is 0. The summed E-state index contributed by atoms with van der Waals surface area (Å²) in [6.07, 6.45) is 2.03. The summed E-state index contributed by atoms with van der Waals surface area (Å²) in [4.78, 5) is 17.2. The van der Waals surface area contributed by atoms with Gasteiger partial charge in [0.2, 0.25) is 0 Å². The van der Waals surface area contributed by atoms with Gasteiger partial charge >= 0.3 is 0 Å². The second kappa shape index (κ2) is 11.9. The molecule has 184 valence electrons. The van der Waals surface area contributed by atoms with Crippen molar-refractivity contribution in [2.24, 2.45) is 0 Å². The number of hydrogen-bond donors (Lipinski definition) is 1. The highest BCUT2D eigenvalue weighted by Gasteiger charge is 2.23. The average Bonchev–Trinajstić information content (AvgIpc) is 3.30. The fourth-order valence-electron chi connectivity index (χ4n) is 4.82. The molecular formula is C29H33Cl2N3O. The van der Waals surface area contributed by atoms with Crippen LogP contribution in [0.1, 0.15) is 46.2 Å². The van der Waals surface area contributed by atoms with Crippen molar-refractivity contribution in [3.63, 3.8) is 0 Å². The number of nitrogens with zero attached hydrogens (tertiary/aromatic N) is 2. The van der Waals surface area contributed by atoms with E-state index in [1.54, 1.807) is 0 Å². The van der Waals surface area contributed by atoms with Gasteiger partial charge in [0.15, 0.2) is 0 Å². The van der Waals surface area contributed by atoms with Crippen molar-refractivity contribution < 1.29 is 4.79 Å². The Balaban J connectivity index is 1.38. The quantitative estimate of drug-likeness (QED) is 0.327. The standard InChI is InChI=1S/C29H33Cl2N3O/c1-33(16-14-23-19-32-28-11-7-6-10-25(23)28)17-15-24(22-12-13-26(30)27(31)18-22)20-34(2)29(35)21-8-4-3-5-9-21/h3-13,18,23-24,32H,14-17,19-20H2,1-2H3. The largest absolute Gasteiger partial charge is 0.384 e. The van der Waals surface area contributed by atoms with E-state index in [1.165, 1.54) is 11.3 Å². The maximum absolute atomic E-state index is 13.0. The summed E-state index contributed by atoms with van der Waals surface area (Å²) in [6.45, 7) is 3.57. The second-order valence-corrected chi connectivity index (χ2v) is 10.3. The van der Waals surface area contributed by atoms with Gasteiger partial charge in [-0.25, -0.2) is 0 Å². The first-order valence-electron chi connectivity index (χ1n) is 12.2. The summed E-state index contributed by atoms with van der Waals surface area (Å²) in [5, 5.41) is 4.62. The van der Waals surface area contributed by atoms with Gasteiger partial charge in [-0.2, -0.15) is 0 Å². The Bertz CT molecular complexity index is 1140. The van der Waals surface area contributed by atoms with Crippen LogP contribution in [0.3, 0.4) is 0 Å². The highest BCUT2D eigenvalue weighted by Crippen LogP contribution is 2.33. The molecule has 0 fully saturated rings. The number of halogens is 2. The van der Waals surface area contributed by atoms with Crippen LogP contribution in [-0.4, -0.2) is 56.0 Å². The molecule has 1 aliphatic rings. The van der Waals surface area contributed by atoms with Crippen molar-refractivity contribution in [2.75, 3.05) is 45.6 Å². The van der Waals surface area contributed by atoms with Gasteiger partial charge in [0.25, 0.3) is 5.91 Å². The molecule has 35 heavy (non-hydrogen) atoms. The first kappa shape index (κ1) is 25.6. The monoisotopic (exact) mass is 509 g/mol. The maximum atomic E-state index is 13.0. The van der Waals surface area contributed by atoms with Crippen molar-refractivity contribution >= 4 is 34.8 Å². The molecule has 0 aromatic heterocycles. The number of likely N-dealkylation sites (N-methyl/N-ethyl adjacent to an activating group) is 1. The highest BCUT2D eigenvalue weighted by atomic mass is 35.5. The number of carbonyl (C=O) groups excluding carboxylic acids is 1. The van der Waals surface area contributed by atoms with E-state index in [2.05, 4.69) is 41.5 Å². The number of nitrogens with one attached hydrogen (secondary N) is 1. The molecule has 2 unspecified atom stereocenters. The topological polar surface area (TPSA) is 35.6 Å². The first-order chi connectivity index (χ1) is 16.9. The lowest BCUT2D eigenvalue weighted by Crippen LogP contribution is -2.33. The number of rotatable bonds is 10. The van der Waals surface area contributed by atoms with Crippen LogP contribution in [0.15, 0.2) is 72.8 Å². The van der Waals surface area contributed by atoms with E-state index in [0.717, 1.165) is 38.0 Å². The van der Waals surface area contributed by atoms with E-state index in [0.29, 0.717) is 28.1 Å². The zero-order chi connectivity index (χ0) is 24.8. The molecule has 0 spiro atoms. The second-order valence-electron chi connectivity index (χ2n) is 9.47. The van der Waals surface area contributed by atoms with Gasteiger partial charge in [-0.05, 0) is 74.4 Å². The molecule has 1 aliphatic heterocycles. The molecular weight excluding hydrogens is 477 g/mol. The van der Waals surface area contributed by atoms with E-state index in [-0.39, 0.29) is 11.8 Å². The van der Waals surface area contributed by atoms with Crippen molar-refractivity contribution in [3.8, 4) is 0 Å². The van der Waals surface area contributed by atoms with Crippen LogP contribution in [0.25, 0.3) is 0 Å². The van der Waals surface area contributed by atoms with Gasteiger partial charge in [0.05, 0.1) is 10.0 Å². The minimum absolute atomic E-state index is 0.0245. The Morgan fingerprint density at radius 1 is 0.971 bits per heavy atom. The number of fused-ring (bicyclic) bond motifs is 1. The molecule has 1 heterocycles. The fourth-order valence-corrected chi connectivity index (χ4v) is 5.13. The summed E-state index contributed by atoms with van der Waals surface area (Å²) in [6, 6.07) is 23.8. The number of carbonyl (C=O) groups is 1. The van der Waals surface area contributed by atoms with Crippen LogP contribution >= 0.6 is 23.2 Å². The van der Waals surface area contributed by atoms with Crippen molar-refractivity contribution in [1.82, 2.24) is 9.80 Å². The molecule has 1 N–H and O–H groups in total. The summed E-state index contributed by atoms with van der Waals surface area (Å²) in [7, 11) is 4.05. The maximum Gasteiger partial charge on any atom is 0.253 e. The minimum atomic E-state index is 0.0245. The van der Waals surface area contributed by atoms with Crippen LogP contribution < -0.4 is 5.32 Å². The van der Waals surface area contributed by atoms with Crippen molar-refractivity contribution in [2.45, 2.75) is 24.7 Å². The van der Waals surface area contributed by atoms with Crippen LogP contribution in [0.2, 0.25) is 10.0 Å². The Morgan fingerprint density at radius 3 is 2.49 bits per heavy atom. The predicted octanol–water partition coefficient (Wildman–Crippen LogP) is 6.77. The Hall–Kier alpha value is -2.53. The van der Waals surface area contributed by atoms with E-state index >= 15 is 0 Å². The summed E-state index contributed by atoms with van der Waals surface area (Å²) in [5.41, 5.74) is 4.50. The smallest absolute Gasteiger partial charge is 0.253 e. The molecule has 1 amide bonds. The number of anilines is 1. The van der Waals surface area contributed by atoms with Gasteiger partial charge in [0.1, 0.15) is 0 Å². The van der Waals surface area contributed by atoms with Crippen LogP contribution in [0, 0.1) is 0 Å². The molecule has 0 aliphatic carbocycles. The third kappa shape index (κ3) is 6.58.